The lowest BCUT2D eigenvalue weighted by Crippen LogP contribution is -3.14. The Morgan fingerprint density at radius 3 is 2.64 bits per heavy atom. The van der Waals surface area contributed by atoms with E-state index in [1.54, 1.807) is 12.1 Å². The van der Waals surface area contributed by atoms with E-state index in [0.29, 0.717) is 25.4 Å². The third-order valence-electron chi connectivity index (χ3n) is 3.88. The molecule has 1 saturated heterocycles. The van der Waals surface area contributed by atoms with Crippen LogP contribution in [-0.4, -0.2) is 36.0 Å². The minimum atomic E-state index is -0.413. The highest BCUT2D eigenvalue weighted by molar-refractivity contribution is 5.47. The number of hydrogen-bond acceptors (Lipinski definition) is 4. The summed E-state index contributed by atoms with van der Waals surface area (Å²) < 4.78 is 15.0. The zero-order chi connectivity index (χ0) is 15.5. The van der Waals surface area contributed by atoms with Crippen molar-refractivity contribution in [3.05, 3.63) is 52.6 Å². The zero-order valence-corrected chi connectivity index (χ0v) is 12.0. The Bertz CT molecular complexity index is 711. The Labute approximate surface area is 127 Å². The molecule has 0 aliphatic carbocycles. The van der Waals surface area contributed by atoms with Gasteiger partial charge in [0.15, 0.2) is 6.67 Å². The Balaban J connectivity index is 1.64. The molecule has 1 fully saturated rings. The Kier molecular flexibility index (Phi) is 4.06. The van der Waals surface area contributed by atoms with Crippen molar-refractivity contribution in [2.75, 3.05) is 31.1 Å². The predicted molar refractivity (Wildman–Crippen MR) is 77.3 cm³/mol. The number of halogens is 1. The first-order valence-corrected chi connectivity index (χ1v) is 7.22. The molecule has 116 valence electrons. The normalized spacial score (nSPS) is 16.0. The van der Waals surface area contributed by atoms with Crippen molar-refractivity contribution < 1.29 is 14.4 Å². The molecule has 3 rings (SSSR count). The van der Waals surface area contributed by atoms with Gasteiger partial charge in [0, 0.05) is 11.9 Å². The third-order valence-corrected chi connectivity index (χ3v) is 3.88. The summed E-state index contributed by atoms with van der Waals surface area (Å²) in [7, 11) is 0. The van der Waals surface area contributed by atoms with Crippen LogP contribution >= 0.6 is 0 Å². The van der Waals surface area contributed by atoms with Crippen molar-refractivity contribution in [2.45, 2.75) is 6.67 Å². The third kappa shape index (κ3) is 3.09. The Morgan fingerprint density at radius 2 is 1.91 bits per heavy atom. The molecule has 1 N–H and O–H groups in total. The molecule has 22 heavy (non-hydrogen) atoms. The molecule has 0 radical (unpaired) electrons. The van der Waals surface area contributed by atoms with E-state index in [2.05, 4.69) is 5.10 Å². The van der Waals surface area contributed by atoms with Crippen molar-refractivity contribution in [2.24, 2.45) is 0 Å². The van der Waals surface area contributed by atoms with Crippen LogP contribution in [0.4, 0.5) is 10.1 Å². The first kappa shape index (κ1) is 14.5. The van der Waals surface area contributed by atoms with E-state index in [4.69, 9.17) is 0 Å². The van der Waals surface area contributed by atoms with E-state index in [0.717, 1.165) is 18.0 Å². The minimum Gasteiger partial charge on any atom is -0.857 e. The van der Waals surface area contributed by atoms with Crippen LogP contribution in [-0.2, 0) is 6.67 Å². The van der Waals surface area contributed by atoms with Crippen LogP contribution < -0.4 is 20.5 Å². The molecule has 0 bridgehead atoms. The van der Waals surface area contributed by atoms with Gasteiger partial charge in [-0.1, -0.05) is 12.1 Å². The summed E-state index contributed by atoms with van der Waals surface area (Å²) in [6, 6.07) is 9.13. The number of hydrogen-bond donors (Lipinski definition) is 1. The van der Waals surface area contributed by atoms with Gasteiger partial charge in [-0.05, 0) is 18.2 Å². The van der Waals surface area contributed by atoms with E-state index in [9.17, 15) is 14.3 Å². The van der Waals surface area contributed by atoms with Gasteiger partial charge in [-0.25, -0.2) is 4.39 Å². The fourth-order valence-electron chi connectivity index (χ4n) is 2.69. The van der Waals surface area contributed by atoms with Crippen LogP contribution in [0.5, 0.6) is 5.88 Å². The molecule has 1 aliphatic heterocycles. The molecule has 0 saturated carbocycles. The fraction of sp³-hybridized carbons (Fsp3) is 0.333. The number of anilines is 1. The molecule has 0 amide bonds. The first-order chi connectivity index (χ1) is 10.6. The second kappa shape index (κ2) is 6.15. The number of nitrogens with zero attached hydrogens (tertiary/aromatic N) is 3. The van der Waals surface area contributed by atoms with E-state index >= 15 is 0 Å². The van der Waals surface area contributed by atoms with Gasteiger partial charge in [0.1, 0.15) is 5.82 Å². The van der Waals surface area contributed by atoms with Gasteiger partial charge in [0.25, 0.3) is 5.56 Å². The molecule has 7 heteroatoms. The monoisotopic (exact) mass is 304 g/mol. The summed E-state index contributed by atoms with van der Waals surface area (Å²) in [6.45, 7) is 3.27. The van der Waals surface area contributed by atoms with Gasteiger partial charge in [-0.15, -0.1) is 0 Å². The van der Waals surface area contributed by atoms with Gasteiger partial charge in [0.2, 0.25) is 0 Å². The summed E-state index contributed by atoms with van der Waals surface area (Å²) in [6.07, 6.45) is 0. The quantitative estimate of drug-likeness (QED) is 0.775. The smallest absolute Gasteiger partial charge is 0.271 e. The molecule has 0 unspecified atom stereocenters. The summed E-state index contributed by atoms with van der Waals surface area (Å²) in [5.41, 5.74) is 0.335. The second-order valence-corrected chi connectivity index (χ2v) is 5.36. The first-order valence-electron chi connectivity index (χ1n) is 7.22. The minimum absolute atomic E-state index is 0.220. The number of rotatable bonds is 3. The maximum atomic E-state index is 13.8. The largest absolute Gasteiger partial charge is 0.857 e. The molecular weight excluding hydrogens is 287 g/mol. The molecule has 6 nitrogen and oxygen atoms in total. The van der Waals surface area contributed by atoms with Crippen LogP contribution in [0.3, 0.4) is 0 Å². The van der Waals surface area contributed by atoms with Gasteiger partial charge in [-0.3, -0.25) is 4.79 Å². The average molecular weight is 304 g/mol. The fourth-order valence-corrected chi connectivity index (χ4v) is 2.69. The maximum absolute atomic E-state index is 13.8. The van der Waals surface area contributed by atoms with E-state index < -0.39 is 5.88 Å². The molecule has 1 aromatic carbocycles. The van der Waals surface area contributed by atoms with Gasteiger partial charge in [0.05, 0.1) is 31.9 Å². The maximum Gasteiger partial charge on any atom is 0.271 e. The lowest BCUT2D eigenvalue weighted by molar-refractivity contribution is -0.924. The van der Waals surface area contributed by atoms with Crippen molar-refractivity contribution in [1.29, 1.82) is 0 Å². The summed E-state index contributed by atoms with van der Waals surface area (Å²) in [4.78, 5) is 14.8. The van der Waals surface area contributed by atoms with Gasteiger partial charge >= 0.3 is 0 Å². The standard InChI is InChI=1S/C15H17FN4O2/c16-12-3-1-2-4-13(12)19-9-7-18(8-10-19)11-20-15(22)6-5-14(21)17-20/h1-6H,7-11H2,(H,17,21). The second-order valence-electron chi connectivity index (χ2n) is 5.36. The molecule has 0 spiro atoms. The van der Waals surface area contributed by atoms with Gasteiger partial charge < -0.3 is 14.9 Å². The van der Waals surface area contributed by atoms with Crippen LogP contribution in [0.15, 0.2) is 41.2 Å². The molecule has 2 aromatic rings. The number of benzene rings is 1. The molecule has 1 aromatic heterocycles. The number of aromatic nitrogens is 2. The average Bonchev–Trinajstić information content (AvgIpc) is 2.52. The highest BCUT2D eigenvalue weighted by Gasteiger charge is 2.22. The SMILES string of the molecule is O=c1ccc([O-])nn1C[NH+]1CCN(c2ccccc2F)CC1. The van der Waals surface area contributed by atoms with E-state index in [1.807, 2.05) is 11.0 Å². The highest BCUT2D eigenvalue weighted by Crippen LogP contribution is 2.18. The number of quaternary nitrogens is 1. The van der Waals surface area contributed by atoms with Crippen molar-refractivity contribution in [1.82, 2.24) is 9.78 Å². The number of piperazine rings is 1. The van der Waals surface area contributed by atoms with Crippen LogP contribution in [0.1, 0.15) is 0 Å². The molecule has 2 heterocycles. The van der Waals surface area contributed by atoms with Crippen LogP contribution in [0.2, 0.25) is 0 Å². The summed E-state index contributed by atoms with van der Waals surface area (Å²) >= 11 is 0. The highest BCUT2D eigenvalue weighted by atomic mass is 19.1. The molecule has 0 atom stereocenters. The Hall–Kier alpha value is -2.41. The summed E-state index contributed by atoms with van der Waals surface area (Å²) in [5, 5.41) is 14.9. The van der Waals surface area contributed by atoms with Crippen molar-refractivity contribution in [3.8, 4) is 5.88 Å². The summed E-state index contributed by atoms with van der Waals surface area (Å²) in [5.74, 6) is -0.633. The van der Waals surface area contributed by atoms with Crippen LogP contribution in [0.25, 0.3) is 0 Å². The van der Waals surface area contributed by atoms with E-state index in [1.165, 1.54) is 22.9 Å². The zero-order valence-electron chi connectivity index (χ0n) is 12.0. The Morgan fingerprint density at radius 1 is 1.18 bits per heavy atom. The molecule has 1 aliphatic rings. The van der Waals surface area contributed by atoms with E-state index in [-0.39, 0.29) is 11.4 Å². The van der Waals surface area contributed by atoms with Crippen molar-refractivity contribution >= 4 is 5.69 Å². The van der Waals surface area contributed by atoms with Crippen LogP contribution in [0, 0.1) is 5.82 Å². The topological polar surface area (TPSA) is 65.6 Å². The lowest BCUT2D eigenvalue weighted by Gasteiger charge is -2.33. The number of para-hydroxylation sites is 1. The predicted octanol–water partition coefficient (Wildman–Crippen LogP) is -1.18. The number of nitrogens with one attached hydrogen (secondary N) is 1. The molecular formula is C15H17FN4O2. The van der Waals surface area contributed by atoms with Gasteiger partial charge in [-0.2, -0.15) is 9.78 Å². The lowest BCUT2D eigenvalue weighted by atomic mass is 10.2. The van der Waals surface area contributed by atoms with Crippen molar-refractivity contribution in [3.63, 3.8) is 0 Å².